The van der Waals surface area contributed by atoms with E-state index in [1.165, 1.54) is 44.3 Å². The molecule has 1 spiro atoms. The van der Waals surface area contributed by atoms with Crippen molar-refractivity contribution in [2.75, 3.05) is 5.75 Å². The highest BCUT2D eigenvalue weighted by molar-refractivity contribution is 8.08. The van der Waals surface area contributed by atoms with Crippen LogP contribution in [0.4, 0.5) is 0 Å². The number of allylic oxidation sites excluding steroid dienone is 1. The molecule has 0 aromatic heterocycles. The molecule has 4 fully saturated rings. The van der Waals surface area contributed by atoms with E-state index in [0.717, 1.165) is 30.6 Å². The third-order valence-electron chi connectivity index (χ3n) is 8.86. The molecule has 0 aromatic rings. The second kappa shape index (κ2) is 4.36. The van der Waals surface area contributed by atoms with Crippen LogP contribution in [0.1, 0.15) is 65.2 Å². The number of hydrogen-bond donors (Lipinski definition) is 1. The topological polar surface area (TPSA) is 20.2 Å². The van der Waals surface area contributed by atoms with Gasteiger partial charge in [0.05, 0.1) is 6.10 Å². The molecule has 1 aliphatic heterocycles. The summed E-state index contributed by atoms with van der Waals surface area (Å²) < 4.78 is 0.691. The minimum atomic E-state index is -0.0673. The second-order valence-corrected chi connectivity index (χ2v) is 10.8. The standard InChI is InChI=1S/C20H30OS/c1-18-8-5-14(21)11-13(18)3-4-15-16(18)6-9-19(2)17(15)7-10-20(19)12-22-20/h3,14-17,21H,4-12H2,1-2H3/t14-,15+,16-,17-,18-,19-,20-/m0/s1. The Labute approximate surface area is 139 Å². The minimum absolute atomic E-state index is 0.0673. The lowest BCUT2D eigenvalue weighted by molar-refractivity contribution is -0.0397. The van der Waals surface area contributed by atoms with Gasteiger partial charge in [-0.05, 0) is 80.0 Å². The Bertz CT molecular complexity index is 536. The molecule has 0 amide bonds. The average molecular weight is 319 g/mol. The highest BCUT2D eigenvalue weighted by Crippen LogP contribution is 2.74. The molecular formula is C20H30OS. The number of aliphatic hydroxyl groups excluding tert-OH is 1. The van der Waals surface area contributed by atoms with Crippen LogP contribution >= 0.6 is 11.8 Å². The van der Waals surface area contributed by atoms with Crippen molar-refractivity contribution in [2.45, 2.75) is 76.1 Å². The van der Waals surface area contributed by atoms with Crippen molar-refractivity contribution in [2.24, 2.45) is 28.6 Å². The van der Waals surface area contributed by atoms with Crippen molar-refractivity contribution in [3.8, 4) is 0 Å². The highest BCUT2D eigenvalue weighted by Gasteiger charge is 2.68. The maximum Gasteiger partial charge on any atom is 0.0577 e. The SMILES string of the molecule is C[C@]12CC[C@H](O)CC1=CC[C@@H]1[C@@H]2CC[C@@]2(C)[C@H]1CC[C@]21CS1. The molecule has 122 valence electrons. The van der Waals surface area contributed by atoms with Gasteiger partial charge >= 0.3 is 0 Å². The van der Waals surface area contributed by atoms with Crippen molar-refractivity contribution >= 4 is 11.8 Å². The van der Waals surface area contributed by atoms with E-state index in [1.54, 1.807) is 5.57 Å². The summed E-state index contributed by atoms with van der Waals surface area (Å²) in [4.78, 5) is 0. The van der Waals surface area contributed by atoms with Crippen molar-refractivity contribution in [3.63, 3.8) is 0 Å². The first kappa shape index (κ1) is 14.4. The summed E-state index contributed by atoms with van der Waals surface area (Å²) in [5, 5.41) is 10.1. The Balaban J connectivity index is 1.51. The molecule has 0 aromatic carbocycles. The minimum Gasteiger partial charge on any atom is -0.393 e. The molecule has 1 saturated heterocycles. The fraction of sp³-hybridized carbons (Fsp3) is 0.900. The van der Waals surface area contributed by atoms with Gasteiger partial charge in [0.1, 0.15) is 0 Å². The Morgan fingerprint density at radius 3 is 2.64 bits per heavy atom. The van der Waals surface area contributed by atoms with Crippen LogP contribution in [0, 0.1) is 28.6 Å². The first-order chi connectivity index (χ1) is 10.5. The maximum absolute atomic E-state index is 10.1. The summed E-state index contributed by atoms with van der Waals surface area (Å²) in [5.74, 6) is 4.25. The van der Waals surface area contributed by atoms with Gasteiger partial charge in [0.15, 0.2) is 0 Å². The molecule has 3 saturated carbocycles. The quantitative estimate of drug-likeness (QED) is 0.511. The van der Waals surface area contributed by atoms with Crippen molar-refractivity contribution in [1.82, 2.24) is 0 Å². The molecule has 1 N–H and O–H groups in total. The van der Waals surface area contributed by atoms with Crippen LogP contribution in [0.5, 0.6) is 0 Å². The summed E-state index contributed by atoms with van der Waals surface area (Å²) >= 11 is 2.28. The summed E-state index contributed by atoms with van der Waals surface area (Å²) in [7, 11) is 0. The molecule has 22 heavy (non-hydrogen) atoms. The third-order valence-corrected chi connectivity index (χ3v) is 10.5. The Hall–Kier alpha value is 0.0500. The monoisotopic (exact) mass is 318 g/mol. The van der Waals surface area contributed by atoms with Gasteiger partial charge in [0.25, 0.3) is 0 Å². The molecule has 4 aliphatic carbocycles. The lowest BCUT2D eigenvalue weighted by Gasteiger charge is -2.58. The van der Waals surface area contributed by atoms with Crippen LogP contribution in [0.3, 0.4) is 0 Å². The lowest BCUT2D eigenvalue weighted by Crippen LogP contribution is -2.51. The third kappa shape index (κ3) is 1.62. The van der Waals surface area contributed by atoms with E-state index in [-0.39, 0.29) is 6.10 Å². The molecule has 1 nitrogen and oxygen atoms in total. The number of aliphatic hydroxyl groups is 1. The number of rotatable bonds is 0. The molecule has 1 heterocycles. The van der Waals surface area contributed by atoms with Gasteiger partial charge < -0.3 is 5.11 Å². The van der Waals surface area contributed by atoms with E-state index in [1.807, 2.05) is 0 Å². The predicted molar refractivity (Wildman–Crippen MR) is 92.9 cm³/mol. The van der Waals surface area contributed by atoms with Crippen molar-refractivity contribution in [3.05, 3.63) is 11.6 Å². The number of fused-ring (bicyclic) bond motifs is 6. The van der Waals surface area contributed by atoms with Gasteiger partial charge in [-0.3, -0.25) is 0 Å². The molecule has 7 atom stereocenters. The van der Waals surface area contributed by atoms with E-state index in [9.17, 15) is 5.11 Å². The maximum atomic E-state index is 10.1. The fourth-order valence-corrected chi connectivity index (χ4v) is 8.79. The van der Waals surface area contributed by atoms with E-state index in [0.29, 0.717) is 15.6 Å². The van der Waals surface area contributed by atoms with Crippen LogP contribution in [0.15, 0.2) is 11.6 Å². The normalized spacial score (nSPS) is 59.5. The highest BCUT2D eigenvalue weighted by atomic mass is 32.2. The Morgan fingerprint density at radius 2 is 1.86 bits per heavy atom. The van der Waals surface area contributed by atoms with E-state index in [2.05, 4.69) is 31.7 Å². The van der Waals surface area contributed by atoms with E-state index < -0.39 is 0 Å². The fourth-order valence-electron chi connectivity index (χ4n) is 7.30. The molecule has 5 rings (SSSR count). The molecule has 0 radical (unpaired) electrons. The van der Waals surface area contributed by atoms with Crippen LogP contribution in [-0.2, 0) is 0 Å². The molecular weight excluding hydrogens is 288 g/mol. The van der Waals surface area contributed by atoms with Crippen molar-refractivity contribution < 1.29 is 5.11 Å². The largest absolute Gasteiger partial charge is 0.393 e. The van der Waals surface area contributed by atoms with E-state index in [4.69, 9.17) is 0 Å². The first-order valence-electron chi connectivity index (χ1n) is 9.50. The van der Waals surface area contributed by atoms with E-state index >= 15 is 0 Å². The smallest absolute Gasteiger partial charge is 0.0577 e. The zero-order valence-corrected chi connectivity index (χ0v) is 14.9. The van der Waals surface area contributed by atoms with Gasteiger partial charge in [-0.2, -0.15) is 11.8 Å². The van der Waals surface area contributed by atoms with Crippen LogP contribution in [-0.4, -0.2) is 21.7 Å². The number of thioether (sulfide) groups is 1. The summed E-state index contributed by atoms with van der Waals surface area (Å²) in [6.07, 6.45) is 12.9. The first-order valence-corrected chi connectivity index (χ1v) is 10.5. The summed E-state index contributed by atoms with van der Waals surface area (Å²) in [6, 6.07) is 0. The van der Waals surface area contributed by atoms with Crippen LogP contribution < -0.4 is 0 Å². The summed E-state index contributed by atoms with van der Waals surface area (Å²) in [5.41, 5.74) is 2.66. The van der Waals surface area contributed by atoms with Gasteiger partial charge in [-0.1, -0.05) is 25.5 Å². The van der Waals surface area contributed by atoms with Gasteiger partial charge in [0, 0.05) is 10.5 Å². The predicted octanol–water partition coefficient (Wildman–Crippen LogP) is 4.80. The number of hydrogen-bond acceptors (Lipinski definition) is 2. The molecule has 0 bridgehead atoms. The Kier molecular flexibility index (Phi) is 2.85. The van der Waals surface area contributed by atoms with Crippen molar-refractivity contribution in [1.29, 1.82) is 0 Å². The Morgan fingerprint density at radius 1 is 1.09 bits per heavy atom. The van der Waals surface area contributed by atoms with Crippen LogP contribution in [0.25, 0.3) is 0 Å². The summed E-state index contributed by atoms with van der Waals surface area (Å²) in [6.45, 7) is 5.19. The second-order valence-electron chi connectivity index (χ2n) is 9.43. The molecule has 5 aliphatic rings. The van der Waals surface area contributed by atoms with Gasteiger partial charge in [-0.15, -0.1) is 0 Å². The zero-order chi connectivity index (χ0) is 15.2. The average Bonchev–Trinajstić information content (AvgIpc) is 3.22. The van der Waals surface area contributed by atoms with Gasteiger partial charge in [-0.25, -0.2) is 0 Å². The molecule has 2 heteroatoms. The van der Waals surface area contributed by atoms with Gasteiger partial charge in [0.2, 0.25) is 0 Å². The molecule has 0 unspecified atom stereocenters. The zero-order valence-electron chi connectivity index (χ0n) is 14.1. The van der Waals surface area contributed by atoms with Crippen LogP contribution in [0.2, 0.25) is 0 Å². The lowest BCUT2D eigenvalue weighted by atomic mass is 9.47.